The number of aromatic nitrogens is 3. The van der Waals surface area contributed by atoms with E-state index in [-0.39, 0.29) is 6.61 Å². The average Bonchev–Trinajstić information content (AvgIpc) is 3.14. The molecule has 5 rings (SSSR count). The lowest BCUT2D eigenvalue weighted by molar-refractivity contribution is -0.0312. The van der Waals surface area contributed by atoms with E-state index in [9.17, 15) is 5.11 Å². The molecule has 0 spiro atoms. The van der Waals surface area contributed by atoms with Crippen molar-refractivity contribution in [3.63, 3.8) is 0 Å². The van der Waals surface area contributed by atoms with Gasteiger partial charge in [-0.3, -0.25) is 0 Å². The van der Waals surface area contributed by atoms with Crippen LogP contribution in [-0.4, -0.2) is 39.5 Å². The van der Waals surface area contributed by atoms with Gasteiger partial charge in [-0.2, -0.15) is 0 Å². The number of aliphatic hydroxyl groups is 1. The maximum Gasteiger partial charge on any atom is 0.219 e. The van der Waals surface area contributed by atoms with Crippen molar-refractivity contribution in [2.45, 2.75) is 19.5 Å². The molecule has 1 fully saturated rings. The van der Waals surface area contributed by atoms with Crippen molar-refractivity contribution in [1.29, 1.82) is 0 Å². The molecule has 0 aliphatic carbocycles. The van der Waals surface area contributed by atoms with E-state index in [4.69, 9.17) is 26.1 Å². The van der Waals surface area contributed by atoms with Crippen molar-refractivity contribution in [1.82, 2.24) is 14.5 Å². The number of rotatable bonds is 9. The molecule has 0 radical (unpaired) electrons. The Morgan fingerprint density at radius 1 is 1.09 bits per heavy atom. The Balaban J connectivity index is 1.28. The van der Waals surface area contributed by atoms with Crippen molar-refractivity contribution >= 4 is 28.6 Å². The average molecular weight is 465 g/mol. The number of nitrogens with zero attached hydrogens (tertiary/aromatic N) is 3. The fourth-order valence-corrected chi connectivity index (χ4v) is 4.00. The van der Waals surface area contributed by atoms with Crippen LogP contribution < -0.4 is 10.1 Å². The Morgan fingerprint density at radius 2 is 1.91 bits per heavy atom. The highest BCUT2D eigenvalue weighted by Gasteiger charge is 2.19. The van der Waals surface area contributed by atoms with E-state index in [1.165, 1.54) is 5.56 Å². The van der Waals surface area contributed by atoms with Crippen LogP contribution in [0.5, 0.6) is 11.6 Å². The molecule has 170 valence electrons. The highest BCUT2D eigenvalue weighted by molar-refractivity contribution is 6.30. The number of aliphatic hydroxyl groups excluding tert-OH is 1. The van der Waals surface area contributed by atoms with E-state index in [2.05, 4.69) is 28.5 Å². The van der Waals surface area contributed by atoms with Gasteiger partial charge in [-0.1, -0.05) is 29.8 Å². The number of ether oxygens (including phenoxy) is 2. The molecule has 1 aliphatic rings. The largest absolute Gasteiger partial charge is 0.439 e. The lowest BCUT2D eigenvalue weighted by atomic mass is 9.98. The SMILES string of the molecule is OCCn1c(NCc2ccc(Oc3ccc(Cl)cn3)cc2)nc2ccc(CC3COC3)cc21. The van der Waals surface area contributed by atoms with E-state index in [1.807, 2.05) is 28.8 Å². The van der Waals surface area contributed by atoms with Crippen LogP contribution in [0.3, 0.4) is 0 Å². The summed E-state index contributed by atoms with van der Waals surface area (Å²) >= 11 is 5.86. The Labute approximate surface area is 197 Å². The molecule has 4 aromatic rings. The van der Waals surface area contributed by atoms with E-state index in [0.29, 0.717) is 35.7 Å². The number of nitrogens with one attached hydrogen (secondary N) is 1. The van der Waals surface area contributed by atoms with Gasteiger partial charge >= 0.3 is 0 Å². The summed E-state index contributed by atoms with van der Waals surface area (Å²) in [5.41, 5.74) is 4.30. The van der Waals surface area contributed by atoms with Gasteiger partial charge in [-0.15, -0.1) is 0 Å². The van der Waals surface area contributed by atoms with Crippen LogP contribution in [-0.2, 0) is 24.2 Å². The van der Waals surface area contributed by atoms with Crippen LogP contribution in [0.2, 0.25) is 5.02 Å². The first-order chi connectivity index (χ1) is 16.2. The minimum Gasteiger partial charge on any atom is -0.439 e. The third kappa shape index (κ3) is 5.11. The minimum absolute atomic E-state index is 0.0472. The van der Waals surface area contributed by atoms with Gasteiger partial charge in [0, 0.05) is 31.3 Å². The van der Waals surface area contributed by atoms with Gasteiger partial charge in [0.1, 0.15) is 5.75 Å². The predicted molar refractivity (Wildman–Crippen MR) is 128 cm³/mol. The van der Waals surface area contributed by atoms with Crippen molar-refractivity contribution in [2.24, 2.45) is 5.92 Å². The first-order valence-corrected chi connectivity index (χ1v) is 11.4. The first kappa shape index (κ1) is 21.7. The second kappa shape index (κ2) is 9.79. The van der Waals surface area contributed by atoms with E-state index < -0.39 is 0 Å². The van der Waals surface area contributed by atoms with Gasteiger partial charge in [0.15, 0.2) is 0 Å². The van der Waals surface area contributed by atoms with E-state index in [0.717, 1.165) is 42.2 Å². The van der Waals surface area contributed by atoms with Gasteiger partial charge in [0.2, 0.25) is 11.8 Å². The third-order valence-corrected chi connectivity index (χ3v) is 5.89. The zero-order chi connectivity index (χ0) is 22.6. The lowest BCUT2D eigenvalue weighted by Crippen LogP contribution is -2.29. The number of imidazole rings is 1. The number of anilines is 1. The summed E-state index contributed by atoms with van der Waals surface area (Å²) < 4.78 is 13.1. The molecule has 2 aromatic carbocycles. The number of halogens is 1. The molecule has 33 heavy (non-hydrogen) atoms. The number of fused-ring (bicyclic) bond motifs is 1. The molecule has 0 atom stereocenters. The Bertz CT molecular complexity index is 1220. The van der Waals surface area contributed by atoms with Crippen LogP contribution in [0.15, 0.2) is 60.8 Å². The van der Waals surface area contributed by atoms with Gasteiger partial charge in [-0.25, -0.2) is 9.97 Å². The van der Waals surface area contributed by atoms with Gasteiger partial charge in [0.25, 0.3) is 0 Å². The fourth-order valence-electron chi connectivity index (χ4n) is 3.89. The highest BCUT2D eigenvalue weighted by atomic mass is 35.5. The molecule has 3 heterocycles. The zero-order valence-electron chi connectivity index (χ0n) is 18.1. The summed E-state index contributed by atoms with van der Waals surface area (Å²) in [6, 6.07) is 17.6. The van der Waals surface area contributed by atoms with Crippen molar-refractivity contribution in [3.8, 4) is 11.6 Å². The number of hydrogen-bond donors (Lipinski definition) is 2. The van der Waals surface area contributed by atoms with Crippen LogP contribution >= 0.6 is 11.6 Å². The van der Waals surface area contributed by atoms with E-state index >= 15 is 0 Å². The van der Waals surface area contributed by atoms with Gasteiger partial charge < -0.3 is 24.5 Å². The highest BCUT2D eigenvalue weighted by Crippen LogP contribution is 2.25. The molecule has 7 nitrogen and oxygen atoms in total. The van der Waals surface area contributed by atoms with Gasteiger partial charge in [0.05, 0.1) is 35.9 Å². The number of hydrogen-bond acceptors (Lipinski definition) is 6. The molecule has 0 unspecified atom stereocenters. The lowest BCUT2D eigenvalue weighted by Gasteiger charge is -2.25. The van der Waals surface area contributed by atoms with E-state index in [1.54, 1.807) is 18.3 Å². The summed E-state index contributed by atoms with van der Waals surface area (Å²) in [6.07, 6.45) is 2.56. The summed E-state index contributed by atoms with van der Waals surface area (Å²) in [4.78, 5) is 8.90. The van der Waals surface area contributed by atoms with Crippen LogP contribution in [0.25, 0.3) is 11.0 Å². The first-order valence-electron chi connectivity index (χ1n) is 11.0. The Morgan fingerprint density at radius 3 is 2.61 bits per heavy atom. The molecule has 0 bridgehead atoms. The Kier molecular flexibility index (Phi) is 6.44. The summed E-state index contributed by atoms with van der Waals surface area (Å²) in [7, 11) is 0. The molecular weight excluding hydrogens is 440 g/mol. The van der Waals surface area contributed by atoms with Crippen LogP contribution in [0.1, 0.15) is 11.1 Å². The molecular formula is C25H25ClN4O3. The fraction of sp³-hybridized carbons (Fsp3) is 0.280. The topological polar surface area (TPSA) is 81.4 Å². The summed E-state index contributed by atoms with van der Waals surface area (Å²) in [5, 5.41) is 13.6. The third-order valence-electron chi connectivity index (χ3n) is 5.66. The van der Waals surface area contributed by atoms with Crippen LogP contribution in [0.4, 0.5) is 5.95 Å². The van der Waals surface area contributed by atoms with Crippen molar-refractivity contribution in [3.05, 3.63) is 76.9 Å². The molecule has 1 aliphatic heterocycles. The minimum atomic E-state index is 0.0472. The molecule has 1 saturated heterocycles. The standard InChI is InChI=1S/C25H25ClN4O3/c26-20-4-8-24(27-14-20)33-21-5-1-17(2-6-21)13-28-25-29-22-7-3-18(11-19-15-32-16-19)12-23(22)30(25)9-10-31/h1-8,12,14,19,31H,9-11,13,15-16H2,(H,28,29). The zero-order valence-corrected chi connectivity index (χ0v) is 18.8. The maximum atomic E-state index is 9.62. The van der Waals surface area contributed by atoms with Crippen LogP contribution in [0, 0.1) is 5.92 Å². The van der Waals surface area contributed by atoms with Crippen molar-refractivity contribution in [2.75, 3.05) is 25.1 Å². The summed E-state index contributed by atoms with van der Waals surface area (Å²) in [6.45, 7) is 2.80. The normalized spacial score (nSPS) is 13.8. The van der Waals surface area contributed by atoms with Crippen molar-refractivity contribution < 1.29 is 14.6 Å². The summed E-state index contributed by atoms with van der Waals surface area (Å²) in [5.74, 6) is 2.53. The molecule has 0 amide bonds. The Hall–Kier alpha value is -3.13. The second-order valence-corrected chi connectivity index (χ2v) is 8.59. The molecule has 8 heteroatoms. The molecule has 2 N–H and O–H groups in total. The predicted octanol–water partition coefficient (Wildman–Crippen LogP) is 4.67. The maximum absolute atomic E-state index is 9.62. The second-order valence-electron chi connectivity index (χ2n) is 8.16. The number of pyridine rings is 1. The smallest absolute Gasteiger partial charge is 0.219 e. The van der Waals surface area contributed by atoms with Gasteiger partial charge in [-0.05, 0) is 47.9 Å². The molecule has 0 saturated carbocycles. The number of benzene rings is 2. The molecule has 2 aromatic heterocycles. The monoisotopic (exact) mass is 464 g/mol. The quantitative estimate of drug-likeness (QED) is 0.374.